The quantitative estimate of drug-likeness (QED) is 0.519. The van der Waals surface area contributed by atoms with Crippen molar-refractivity contribution in [3.63, 3.8) is 0 Å². The molecule has 0 radical (unpaired) electrons. The summed E-state index contributed by atoms with van der Waals surface area (Å²) >= 11 is 0. The minimum Gasteiger partial charge on any atom is -0.481 e. The Morgan fingerprint density at radius 3 is 2.54 bits per heavy atom. The third kappa shape index (κ3) is 4.50. The number of halogens is 2. The Balaban J connectivity index is 1.30. The summed E-state index contributed by atoms with van der Waals surface area (Å²) in [7, 11) is -2.40. The summed E-state index contributed by atoms with van der Waals surface area (Å²) in [5, 5.41) is 0. The van der Waals surface area contributed by atoms with Crippen molar-refractivity contribution in [2.45, 2.75) is 61.5 Å². The zero-order valence-corrected chi connectivity index (χ0v) is 20.4. The Morgan fingerprint density at radius 2 is 1.89 bits per heavy atom. The van der Waals surface area contributed by atoms with E-state index >= 15 is 0 Å². The fraction of sp³-hybridized carbons (Fsp3) is 0.440. The fourth-order valence-electron chi connectivity index (χ4n) is 5.08. The number of ether oxygens (including phenoxy) is 2. The monoisotopic (exact) mass is 503 g/mol. The van der Waals surface area contributed by atoms with Gasteiger partial charge in [0.15, 0.2) is 0 Å². The van der Waals surface area contributed by atoms with Gasteiger partial charge in [0, 0.05) is 11.6 Å². The molecule has 0 spiro atoms. The van der Waals surface area contributed by atoms with E-state index in [1.807, 2.05) is 0 Å². The highest BCUT2D eigenvalue weighted by atomic mass is 32.2. The molecule has 186 valence electrons. The molecule has 0 unspecified atom stereocenters. The third-order valence-corrected chi connectivity index (χ3v) is 8.93. The van der Waals surface area contributed by atoms with Gasteiger partial charge in [0.2, 0.25) is 15.9 Å². The van der Waals surface area contributed by atoms with Crippen molar-refractivity contribution in [3.8, 4) is 5.88 Å². The summed E-state index contributed by atoms with van der Waals surface area (Å²) in [6.45, 7) is 1.80. The lowest BCUT2D eigenvalue weighted by Gasteiger charge is -2.53. The molecule has 10 heteroatoms. The Hall–Kier alpha value is -2.69. The summed E-state index contributed by atoms with van der Waals surface area (Å²) in [6, 6.07) is 7.34. The molecule has 2 aromatic heterocycles. The average molecular weight is 504 g/mol. The standard InChI is InChI=1S/C25H27F2N3O4S/c1-16-3-4-17(13-19(16)26)35(31,32)30-24-9-11-25(12-10-24,34-15-24)8-7-18-20(27)14-28-21-5-6-22(33-2)29-23(18)21/h3-6,13-14,30H,7-12,15H2,1-2H3. The number of aryl methyl sites for hydroxylation is 2. The van der Waals surface area contributed by atoms with Crippen LogP contribution in [0.1, 0.15) is 43.2 Å². The highest BCUT2D eigenvalue weighted by Crippen LogP contribution is 2.46. The molecular weight excluding hydrogens is 476 g/mol. The number of benzene rings is 1. The number of nitrogens with zero attached hydrogens (tertiary/aromatic N) is 2. The second-order valence-electron chi connectivity index (χ2n) is 9.57. The summed E-state index contributed by atoms with van der Waals surface area (Å²) in [6.07, 6.45) is 4.65. The maximum Gasteiger partial charge on any atom is 0.241 e. The van der Waals surface area contributed by atoms with Gasteiger partial charge in [-0.1, -0.05) is 6.07 Å². The molecule has 0 amide bonds. The number of sulfonamides is 1. The molecule has 1 saturated carbocycles. The molecule has 3 fully saturated rings. The zero-order valence-electron chi connectivity index (χ0n) is 19.6. The van der Waals surface area contributed by atoms with Gasteiger partial charge in [-0.2, -0.15) is 0 Å². The number of fused-ring (bicyclic) bond motifs is 4. The fourth-order valence-corrected chi connectivity index (χ4v) is 6.54. The topological polar surface area (TPSA) is 90.4 Å². The molecule has 1 aromatic carbocycles. The van der Waals surface area contributed by atoms with Crippen molar-refractivity contribution in [3.05, 3.63) is 59.3 Å². The highest BCUT2D eigenvalue weighted by molar-refractivity contribution is 7.89. The minimum absolute atomic E-state index is 0.0969. The lowest BCUT2D eigenvalue weighted by molar-refractivity contribution is -0.160. The maximum atomic E-state index is 14.7. The molecule has 3 aromatic rings. The number of methoxy groups -OCH3 is 1. The van der Waals surface area contributed by atoms with Crippen LogP contribution in [0.3, 0.4) is 0 Å². The molecule has 1 N–H and O–H groups in total. The first-order chi connectivity index (χ1) is 16.6. The summed E-state index contributed by atoms with van der Waals surface area (Å²) in [5.74, 6) is -0.592. The Morgan fingerprint density at radius 1 is 1.11 bits per heavy atom. The van der Waals surface area contributed by atoms with Crippen LogP contribution < -0.4 is 9.46 Å². The molecule has 1 aliphatic carbocycles. The van der Waals surface area contributed by atoms with Gasteiger partial charge in [-0.25, -0.2) is 26.9 Å². The Labute approximate surface area is 202 Å². The minimum atomic E-state index is -3.90. The second-order valence-corrected chi connectivity index (χ2v) is 11.3. The van der Waals surface area contributed by atoms with E-state index in [0.717, 1.165) is 6.07 Å². The lowest BCUT2D eigenvalue weighted by atomic mass is 9.70. The molecule has 6 rings (SSSR count). The van der Waals surface area contributed by atoms with E-state index in [1.165, 1.54) is 25.4 Å². The molecule has 2 aliphatic heterocycles. The SMILES string of the molecule is COc1ccc2ncc(F)c(CCC34CCC(NS(=O)(=O)c5ccc(C)c(F)c5)(CC3)CO4)c2n1. The largest absolute Gasteiger partial charge is 0.481 e. The van der Waals surface area contributed by atoms with Gasteiger partial charge in [0.25, 0.3) is 0 Å². The molecular formula is C25H27F2N3O4S. The maximum absolute atomic E-state index is 14.7. The second kappa shape index (κ2) is 8.76. The third-order valence-electron chi connectivity index (χ3n) is 7.36. The van der Waals surface area contributed by atoms with Crippen molar-refractivity contribution < 1.29 is 26.7 Å². The zero-order chi connectivity index (χ0) is 24.8. The molecule has 35 heavy (non-hydrogen) atoms. The molecule has 2 bridgehead atoms. The van der Waals surface area contributed by atoms with Crippen molar-refractivity contribution in [1.82, 2.24) is 14.7 Å². The van der Waals surface area contributed by atoms with Gasteiger partial charge >= 0.3 is 0 Å². The van der Waals surface area contributed by atoms with Crippen LogP contribution in [-0.2, 0) is 21.2 Å². The molecule has 3 aliphatic rings. The van der Waals surface area contributed by atoms with E-state index in [1.54, 1.807) is 19.1 Å². The first-order valence-corrected chi connectivity index (χ1v) is 13.0. The average Bonchev–Trinajstić information content (AvgIpc) is 2.85. The van der Waals surface area contributed by atoms with Crippen molar-refractivity contribution in [2.24, 2.45) is 0 Å². The van der Waals surface area contributed by atoms with Gasteiger partial charge < -0.3 is 9.47 Å². The van der Waals surface area contributed by atoms with Crippen LogP contribution in [0.15, 0.2) is 41.4 Å². The van der Waals surface area contributed by atoms with Crippen LogP contribution in [0.4, 0.5) is 8.78 Å². The first kappa shape index (κ1) is 24.0. The van der Waals surface area contributed by atoms with Crippen LogP contribution in [0.2, 0.25) is 0 Å². The van der Waals surface area contributed by atoms with Crippen LogP contribution >= 0.6 is 0 Å². The molecule has 7 nitrogen and oxygen atoms in total. The van der Waals surface area contributed by atoms with Gasteiger partial charge in [-0.3, -0.25) is 4.98 Å². The number of rotatable bonds is 7. The van der Waals surface area contributed by atoms with Crippen molar-refractivity contribution in [1.29, 1.82) is 0 Å². The highest BCUT2D eigenvalue weighted by Gasteiger charge is 2.51. The van der Waals surface area contributed by atoms with Gasteiger partial charge in [-0.15, -0.1) is 0 Å². The first-order valence-electron chi connectivity index (χ1n) is 11.6. The van der Waals surface area contributed by atoms with E-state index in [2.05, 4.69) is 14.7 Å². The van der Waals surface area contributed by atoms with Gasteiger partial charge in [0.05, 0.1) is 47.0 Å². The number of nitrogens with one attached hydrogen (secondary N) is 1. The van der Waals surface area contributed by atoms with Crippen molar-refractivity contribution >= 4 is 21.1 Å². The van der Waals surface area contributed by atoms with Crippen molar-refractivity contribution in [2.75, 3.05) is 13.7 Å². The van der Waals surface area contributed by atoms with E-state index in [-0.39, 0.29) is 11.5 Å². The molecule has 4 heterocycles. The van der Waals surface area contributed by atoms with Crippen LogP contribution in [-0.4, -0.2) is 43.2 Å². The van der Waals surface area contributed by atoms with E-state index in [0.29, 0.717) is 66.6 Å². The number of pyridine rings is 2. The Kier molecular flexibility index (Phi) is 6.01. The van der Waals surface area contributed by atoms with E-state index in [9.17, 15) is 17.2 Å². The predicted molar refractivity (Wildman–Crippen MR) is 126 cm³/mol. The summed E-state index contributed by atoms with van der Waals surface area (Å²) in [4.78, 5) is 8.42. The number of hydrogen-bond acceptors (Lipinski definition) is 6. The van der Waals surface area contributed by atoms with Crippen LogP contribution in [0.5, 0.6) is 5.88 Å². The Bertz CT molecular complexity index is 1370. The van der Waals surface area contributed by atoms with E-state index in [4.69, 9.17) is 9.47 Å². The van der Waals surface area contributed by atoms with E-state index < -0.39 is 32.8 Å². The number of aromatic nitrogens is 2. The van der Waals surface area contributed by atoms with Gasteiger partial charge in [0.1, 0.15) is 11.6 Å². The predicted octanol–water partition coefficient (Wildman–Crippen LogP) is 4.22. The number of hydrogen-bond donors (Lipinski definition) is 1. The normalized spacial score (nSPS) is 24.1. The summed E-state index contributed by atoms with van der Waals surface area (Å²) < 4.78 is 68.8. The van der Waals surface area contributed by atoms with Crippen LogP contribution in [0, 0.1) is 18.6 Å². The molecule has 2 saturated heterocycles. The van der Waals surface area contributed by atoms with Gasteiger partial charge in [-0.05, 0) is 69.2 Å². The summed E-state index contributed by atoms with van der Waals surface area (Å²) in [5.41, 5.74) is 0.734. The van der Waals surface area contributed by atoms with Crippen LogP contribution in [0.25, 0.3) is 11.0 Å². The molecule has 0 atom stereocenters. The smallest absolute Gasteiger partial charge is 0.241 e. The lowest BCUT2D eigenvalue weighted by Crippen LogP contribution is -2.62.